The zero-order valence-corrected chi connectivity index (χ0v) is 66.6. The van der Waals surface area contributed by atoms with Gasteiger partial charge in [-0.1, -0.05) is 91.3 Å². The van der Waals surface area contributed by atoms with Gasteiger partial charge in [0.05, 0.1) is 12.1 Å². The number of aliphatic carboxylic acids is 1. The van der Waals surface area contributed by atoms with Crippen LogP contribution in [0, 0.1) is 17.8 Å². The van der Waals surface area contributed by atoms with Crippen LogP contribution in [0.3, 0.4) is 0 Å². The van der Waals surface area contributed by atoms with Crippen molar-refractivity contribution in [2.45, 2.75) is 289 Å². The second-order valence-corrected chi connectivity index (χ2v) is 29.8. The van der Waals surface area contributed by atoms with Crippen LogP contribution < -0.4 is 91.6 Å². The number of para-hydroxylation sites is 1. The number of thiol groups is 1. The Hall–Kier alpha value is -9.00. The maximum absolute atomic E-state index is 14.7. The number of carboxylic acid groups (broad SMARTS) is 1. The summed E-state index contributed by atoms with van der Waals surface area (Å²) in [5, 5.41) is 57.6. The first kappa shape index (κ1) is 95.2. The molecule has 1 saturated carbocycles. The summed E-state index contributed by atoms with van der Waals surface area (Å²) in [5.74, 6) is -13.9. The number of aliphatic hydroxyl groups is 1. The molecule has 0 radical (unpaired) electrons. The van der Waals surface area contributed by atoms with Crippen molar-refractivity contribution >= 4 is 112 Å². The fourth-order valence-corrected chi connectivity index (χ4v) is 12.5. The van der Waals surface area contributed by atoms with Crippen molar-refractivity contribution in [1.82, 2.24) is 79.4 Å². The number of nitrogens with two attached hydrogens (primary N) is 3. The van der Waals surface area contributed by atoms with Crippen molar-refractivity contribution < 1.29 is 82.1 Å². The largest absolute Gasteiger partial charge is 0.480 e. The molecular weight excluding hydrogens is 1440 g/mol. The fraction of sp³-hybridized carbons (Fsp3) is 0.689. The van der Waals surface area contributed by atoms with Gasteiger partial charge >= 0.3 is 5.97 Å². The number of hydrogen-bond donors (Lipinski definition) is 21. The maximum atomic E-state index is 14.7. The average molecular weight is 1570 g/mol. The fourth-order valence-electron chi connectivity index (χ4n) is 12.2. The van der Waals surface area contributed by atoms with Crippen molar-refractivity contribution in [3.8, 4) is 0 Å². The van der Waals surface area contributed by atoms with Crippen LogP contribution in [-0.2, 0) is 78.3 Å². The summed E-state index contributed by atoms with van der Waals surface area (Å²) in [5.41, 5.74) is 18.5. The highest BCUT2D eigenvalue weighted by Gasteiger charge is 2.40. The van der Waals surface area contributed by atoms with Crippen molar-refractivity contribution in [3.05, 3.63) is 36.0 Å². The van der Waals surface area contributed by atoms with Crippen molar-refractivity contribution in [2.24, 2.45) is 35.0 Å². The van der Waals surface area contributed by atoms with Crippen LogP contribution in [0.1, 0.15) is 191 Å². The smallest absolute Gasteiger partial charge is 0.327 e. The number of rotatable bonds is 49. The lowest BCUT2D eigenvalue weighted by atomic mass is 9.83. The number of aromatic nitrogens is 1. The summed E-state index contributed by atoms with van der Waals surface area (Å²) in [4.78, 5) is 209. The van der Waals surface area contributed by atoms with Crippen molar-refractivity contribution in [2.75, 3.05) is 18.8 Å². The Morgan fingerprint density at radius 3 is 1.31 bits per heavy atom. The van der Waals surface area contributed by atoms with E-state index in [1.165, 1.54) is 48.5 Å². The number of H-pyrrole nitrogens is 1. The van der Waals surface area contributed by atoms with E-state index in [9.17, 15) is 82.1 Å². The van der Waals surface area contributed by atoms with Gasteiger partial charge in [0.2, 0.25) is 82.7 Å². The molecule has 1 fully saturated rings. The quantitative estimate of drug-likeness (QED) is 0.0264. The first-order valence-electron chi connectivity index (χ1n) is 38.4. The highest BCUT2D eigenvalue weighted by atomic mass is 32.1. The second kappa shape index (κ2) is 48.6. The number of hydrogen-bond acceptors (Lipinski definition) is 20. The van der Waals surface area contributed by atoms with Gasteiger partial charge < -0.3 is 107 Å². The Kier molecular flexibility index (Phi) is 42.1. The number of carbonyl (C=O) groups excluding carboxylic acids is 14. The van der Waals surface area contributed by atoms with E-state index in [-0.39, 0.29) is 56.2 Å². The number of benzene rings is 1. The number of carbonyl (C=O) groups is 15. The van der Waals surface area contributed by atoms with Crippen LogP contribution in [-0.4, -0.2) is 219 Å². The molecule has 14 amide bonds. The van der Waals surface area contributed by atoms with E-state index in [1.54, 1.807) is 58.2 Å². The average Bonchev–Trinajstić information content (AvgIpc) is 1.53. The molecule has 36 heteroatoms. The molecule has 1 aliphatic rings. The number of carboxylic acids is 1. The topological polar surface area (TPSA) is 559 Å². The molecule has 23 N–H and O–H groups in total. The summed E-state index contributed by atoms with van der Waals surface area (Å²) in [6.07, 6.45) is 7.69. The van der Waals surface area contributed by atoms with Crippen LogP contribution >= 0.6 is 12.6 Å². The van der Waals surface area contributed by atoms with Crippen LogP contribution in [0.2, 0.25) is 0 Å². The van der Waals surface area contributed by atoms with Gasteiger partial charge in [0.15, 0.2) is 0 Å². The number of aliphatic hydroxyl groups excluding tert-OH is 1. The Labute approximate surface area is 649 Å². The maximum Gasteiger partial charge on any atom is 0.327 e. The zero-order valence-electron chi connectivity index (χ0n) is 65.7. The molecular formula is C74H124N18O17S. The van der Waals surface area contributed by atoms with E-state index in [2.05, 4.69) is 92.0 Å². The number of aromatic amines is 1. The molecule has 0 spiro atoms. The van der Waals surface area contributed by atoms with Gasteiger partial charge in [0.1, 0.15) is 84.6 Å². The van der Waals surface area contributed by atoms with E-state index in [0.717, 1.165) is 25.7 Å². The molecule has 16 atom stereocenters. The normalized spacial score (nSPS) is 16.7. The van der Waals surface area contributed by atoms with Crippen molar-refractivity contribution in [3.63, 3.8) is 0 Å². The second-order valence-electron chi connectivity index (χ2n) is 29.4. The number of fused-ring (bicyclic) bond motifs is 1. The molecule has 1 aliphatic carbocycles. The number of unbranched alkanes of at least 4 members (excludes halogenated alkanes) is 4. The molecule has 0 bridgehead atoms. The summed E-state index contributed by atoms with van der Waals surface area (Å²) in [7, 11) is 0. The lowest BCUT2D eigenvalue weighted by molar-refractivity contribution is -0.141. The molecule has 618 valence electrons. The summed E-state index contributed by atoms with van der Waals surface area (Å²) < 4.78 is 0. The molecule has 3 rings (SSSR count). The highest BCUT2D eigenvalue weighted by molar-refractivity contribution is 7.80. The number of nitrogens with one attached hydrogen (secondary N) is 15. The van der Waals surface area contributed by atoms with Gasteiger partial charge in [0, 0.05) is 29.3 Å². The minimum absolute atomic E-state index is 0.00127. The monoisotopic (exact) mass is 1570 g/mol. The minimum atomic E-state index is -1.79. The van der Waals surface area contributed by atoms with E-state index < -0.39 is 191 Å². The first-order valence-corrected chi connectivity index (χ1v) is 39.0. The Bertz CT molecular complexity index is 3410. The van der Waals surface area contributed by atoms with Crippen LogP contribution in [0.4, 0.5) is 0 Å². The Morgan fingerprint density at radius 2 is 0.845 bits per heavy atom. The van der Waals surface area contributed by atoms with Crippen LogP contribution in [0.5, 0.6) is 0 Å². The predicted octanol–water partition coefficient (Wildman–Crippen LogP) is -1.54. The highest BCUT2D eigenvalue weighted by Crippen LogP contribution is 2.28. The third-order valence-corrected chi connectivity index (χ3v) is 19.3. The SMILES string of the molecule is CCCCCC(NC(=O)C(C)NC(=O)C(C)NC(=O)C(C)NC(=O)C(CCCCN)NC(=O)C(CC(C)C)NC(=O)C(NC(=O)C(Cc1c[nH]c2ccccc12)NC(=O)C(C)NC(=O)C(C)NC(=O)C(NC(=O)C(NC(=O)C(CCCCN)NC(=O)C(C)N)C1CCCCC1)C(C)C)C(C)O)C(=O)NC(CS)C(=O)O. The van der Waals surface area contributed by atoms with Gasteiger partial charge in [-0.3, -0.25) is 67.1 Å². The molecule has 2 aromatic rings. The molecule has 1 aromatic carbocycles. The predicted molar refractivity (Wildman–Crippen MR) is 415 cm³/mol. The van der Waals surface area contributed by atoms with Crippen LogP contribution in [0.25, 0.3) is 10.9 Å². The minimum Gasteiger partial charge on any atom is -0.480 e. The molecule has 1 aromatic heterocycles. The lowest BCUT2D eigenvalue weighted by Crippen LogP contribution is -2.62. The lowest BCUT2D eigenvalue weighted by Gasteiger charge is -2.33. The van der Waals surface area contributed by atoms with Crippen molar-refractivity contribution in [1.29, 1.82) is 0 Å². The van der Waals surface area contributed by atoms with Gasteiger partial charge in [-0.15, -0.1) is 0 Å². The third-order valence-electron chi connectivity index (χ3n) is 18.9. The van der Waals surface area contributed by atoms with E-state index in [4.69, 9.17) is 17.2 Å². The molecule has 16 unspecified atom stereocenters. The summed E-state index contributed by atoms with van der Waals surface area (Å²) >= 11 is 3.98. The molecule has 110 heavy (non-hydrogen) atoms. The summed E-state index contributed by atoms with van der Waals surface area (Å²) in [6.45, 7) is 18.7. The van der Waals surface area contributed by atoms with Crippen LogP contribution in [0.15, 0.2) is 30.5 Å². The van der Waals surface area contributed by atoms with E-state index in [1.807, 2.05) is 6.92 Å². The molecule has 0 saturated heterocycles. The van der Waals surface area contributed by atoms with Gasteiger partial charge in [-0.05, 0) is 155 Å². The molecule has 1 heterocycles. The molecule has 35 nitrogen and oxygen atoms in total. The molecule has 0 aliphatic heterocycles. The number of amides is 14. The Balaban J connectivity index is 1.79. The van der Waals surface area contributed by atoms with E-state index in [0.29, 0.717) is 74.4 Å². The Morgan fingerprint density at radius 1 is 0.455 bits per heavy atom. The zero-order chi connectivity index (χ0) is 82.6. The first-order chi connectivity index (χ1) is 51.9. The standard InChI is InChI=1S/C74H124N18O17S/c1-13-14-16-29-52(67(101)89-56(37-110)74(108)109)85-64(98)44(10)80-61(95)41(7)79-62(96)42(8)82-66(100)51(30-21-23-32-75)86-69(103)54(34-38(2)3)88-72(106)58(46(12)93)91-70(104)55(35-48-36-78-50-28-20-19-27-49(48)50)87-65(99)45(11)81-63(97)43(9)83-71(105)57(39(4)5)90-73(107)59(47-25-17-15-18-26-47)92-68(102)53(31-22-24-33-76)84-60(94)40(6)77/h19-20,27-28,36,38-47,51-59,78,93,110H,13-18,21-26,29-35,37,75-77H2,1-12H3,(H,79,96)(H,80,95)(H,81,97)(H,82,100)(H,83,105)(H,84,94)(H,85,98)(H,86,103)(H,87,99)(H,88,106)(H,89,101)(H,90,107)(H,91,104)(H,92,102)(H,108,109). The van der Waals surface area contributed by atoms with Gasteiger partial charge in [-0.25, -0.2) is 4.79 Å². The van der Waals surface area contributed by atoms with Gasteiger partial charge in [-0.2, -0.15) is 12.6 Å². The van der Waals surface area contributed by atoms with E-state index >= 15 is 0 Å². The summed E-state index contributed by atoms with van der Waals surface area (Å²) in [6, 6.07) is -12.3. The van der Waals surface area contributed by atoms with Gasteiger partial charge in [0.25, 0.3) is 0 Å². The third kappa shape index (κ3) is 32.1.